The Balaban J connectivity index is 1.48. The fourth-order valence-electron chi connectivity index (χ4n) is 4.97. The van der Waals surface area contributed by atoms with Gasteiger partial charge in [-0.25, -0.2) is 4.98 Å². The first-order chi connectivity index (χ1) is 17.2. The van der Waals surface area contributed by atoms with E-state index in [1.807, 2.05) is 36.9 Å². The van der Waals surface area contributed by atoms with E-state index in [0.717, 1.165) is 27.8 Å². The van der Waals surface area contributed by atoms with Crippen LogP contribution in [0, 0.1) is 6.92 Å². The Bertz CT molecular complexity index is 1330. The average molecular weight is 488 g/mol. The Morgan fingerprint density at radius 1 is 1.08 bits per heavy atom. The monoisotopic (exact) mass is 487 g/mol. The molecular weight excluding hydrogens is 454 g/mol. The van der Waals surface area contributed by atoms with Crippen molar-refractivity contribution in [3.05, 3.63) is 53.0 Å². The van der Waals surface area contributed by atoms with Crippen LogP contribution in [0.1, 0.15) is 48.1 Å². The molecule has 0 atom stereocenters. The van der Waals surface area contributed by atoms with Crippen LogP contribution in [0.4, 0.5) is 11.8 Å². The molecule has 0 unspecified atom stereocenters. The highest BCUT2D eigenvalue weighted by Gasteiger charge is 2.36. The fraction of sp³-hybridized carbons (Fsp3) is 0.444. The van der Waals surface area contributed by atoms with Crippen LogP contribution in [-0.4, -0.2) is 75.8 Å². The Morgan fingerprint density at radius 3 is 2.53 bits per heavy atom. The summed E-state index contributed by atoms with van der Waals surface area (Å²) in [7, 11) is 1.99. The molecule has 0 saturated carbocycles. The van der Waals surface area contributed by atoms with Gasteiger partial charge in [0.2, 0.25) is 11.9 Å². The topological polar surface area (TPSA) is 85.8 Å². The molecule has 36 heavy (non-hydrogen) atoms. The number of aryl methyl sites for hydroxylation is 1. The van der Waals surface area contributed by atoms with Gasteiger partial charge in [-0.2, -0.15) is 4.98 Å². The normalized spacial score (nSPS) is 15.7. The molecule has 9 heteroatoms. The molecule has 188 valence electrons. The number of amides is 2. The summed E-state index contributed by atoms with van der Waals surface area (Å²) in [4.78, 5) is 47.2. The molecule has 0 N–H and O–H groups in total. The third kappa shape index (κ3) is 4.45. The molecule has 0 bridgehead atoms. The summed E-state index contributed by atoms with van der Waals surface area (Å²) in [5.41, 5.74) is 3.48. The molecular formula is C27H33N7O2. The van der Waals surface area contributed by atoms with Crippen LogP contribution in [0.15, 0.2) is 30.5 Å². The SMILES string of the molecule is CC(=O)N1CCN(c2nc3c(c(N(C)Cc4cc5cc(C)ccc5cn4)n2)CN(C(C)C)C3=O)CC1. The maximum absolute atomic E-state index is 13.3. The number of anilines is 2. The average Bonchev–Trinajstić information content (AvgIpc) is 3.20. The van der Waals surface area contributed by atoms with E-state index in [2.05, 4.69) is 46.0 Å². The van der Waals surface area contributed by atoms with Crippen LogP contribution >= 0.6 is 0 Å². The van der Waals surface area contributed by atoms with E-state index < -0.39 is 0 Å². The standard InChI is InChI=1S/C27H33N7O2/c1-17(2)34-16-23-24(26(34)36)29-27(33-10-8-32(9-11-33)19(4)35)30-25(23)31(5)15-22-13-21-12-18(3)6-7-20(21)14-28-22/h6-7,12-14,17H,8-11,15-16H2,1-5H3. The minimum absolute atomic E-state index is 0.0556. The lowest BCUT2D eigenvalue weighted by atomic mass is 10.1. The number of piperazine rings is 1. The van der Waals surface area contributed by atoms with Crippen molar-refractivity contribution in [3.63, 3.8) is 0 Å². The molecule has 2 amide bonds. The van der Waals surface area contributed by atoms with E-state index in [1.54, 1.807) is 6.92 Å². The van der Waals surface area contributed by atoms with E-state index in [0.29, 0.717) is 50.9 Å². The summed E-state index contributed by atoms with van der Waals surface area (Å²) in [5, 5.41) is 2.27. The third-order valence-corrected chi connectivity index (χ3v) is 7.09. The smallest absolute Gasteiger partial charge is 0.273 e. The van der Waals surface area contributed by atoms with Crippen LogP contribution in [0.3, 0.4) is 0 Å². The maximum Gasteiger partial charge on any atom is 0.273 e. The molecule has 1 saturated heterocycles. The summed E-state index contributed by atoms with van der Waals surface area (Å²) in [6.45, 7) is 11.3. The predicted octanol–water partition coefficient (Wildman–Crippen LogP) is 3.00. The number of hydrogen-bond acceptors (Lipinski definition) is 7. The van der Waals surface area contributed by atoms with Crippen molar-refractivity contribution in [2.75, 3.05) is 43.0 Å². The van der Waals surface area contributed by atoms with Crippen molar-refractivity contribution in [1.29, 1.82) is 0 Å². The Labute approximate surface area is 211 Å². The van der Waals surface area contributed by atoms with E-state index in [4.69, 9.17) is 9.97 Å². The zero-order valence-electron chi connectivity index (χ0n) is 21.7. The predicted molar refractivity (Wildman–Crippen MR) is 140 cm³/mol. The summed E-state index contributed by atoms with van der Waals surface area (Å²) >= 11 is 0. The van der Waals surface area contributed by atoms with Gasteiger partial charge in [0.25, 0.3) is 5.91 Å². The lowest BCUT2D eigenvalue weighted by molar-refractivity contribution is -0.129. The minimum atomic E-state index is -0.0556. The van der Waals surface area contributed by atoms with Crippen LogP contribution in [0.5, 0.6) is 0 Å². The van der Waals surface area contributed by atoms with Gasteiger partial charge in [0.15, 0.2) is 0 Å². The molecule has 5 rings (SSSR count). The molecule has 3 aromatic rings. The van der Waals surface area contributed by atoms with Gasteiger partial charge in [-0.1, -0.05) is 23.8 Å². The largest absolute Gasteiger partial charge is 0.353 e. The summed E-state index contributed by atoms with van der Waals surface area (Å²) in [6, 6.07) is 8.54. The number of pyridine rings is 1. The van der Waals surface area contributed by atoms with Gasteiger partial charge in [-0.15, -0.1) is 0 Å². The second-order valence-electron chi connectivity index (χ2n) is 10.1. The van der Waals surface area contributed by atoms with Gasteiger partial charge in [-0.05, 0) is 32.2 Å². The highest BCUT2D eigenvalue weighted by molar-refractivity contribution is 5.98. The van der Waals surface area contributed by atoms with Gasteiger partial charge >= 0.3 is 0 Å². The van der Waals surface area contributed by atoms with E-state index in [1.165, 1.54) is 5.56 Å². The zero-order chi connectivity index (χ0) is 25.6. The number of aromatic nitrogens is 3. The molecule has 4 heterocycles. The minimum Gasteiger partial charge on any atom is -0.353 e. The van der Waals surface area contributed by atoms with Crippen molar-refractivity contribution in [2.45, 2.75) is 46.8 Å². The number of carbonyl (C=O) groups is 2. The van der Waals surface area contributed by atoms with E-state index in [9.17, 15) is 9.59 Å². The first kappa shape index (κ1) is 24.0. The van der Waals surface area contributed by atoms with Gasteiger partial charge in [-0.3, -0.25) is 14.6 Å². The quantitative estimate of drug-likeness (QED) is 0.547. The lowest BCUT2D eigenvalue weighted by Crippen LogP contribution is -2.48. The Morgan fingerprint density at radius 2 is 1.83 bits per heavy atom. The van der Waals surface area contributed by atoms with E-state index >= 15 is 0 Å². The number of nitrogens with zero attached hydrogens (tertiary/aromatic N) is 7. The van der Waals surface area contributed by atoms with Crippen LogP contribution in [0.2, 0.25) is 0 Å². The van der Waals surface area contributed by atoms with Crippen molar-refractivity contribution in [3.8, 4) is 0 Å². The molecule has 1 aromatic carbocycles. The van der Waals surface area contributed by atoms with Crippen molar-refractivity contribution in [1.82, 2.24) is 24.8 Å². The molecule has 0 radical (unpaired) electrons. The second kappa shape index (κ2) is 9.37. The summed E-state index contributed by atoms with van der Waals surface area (Å²) in [6.07, 6.45) is 1.91. The molecule has 0 spiro atoms. The summed E-state index contributed by atoms with van der Waals surface area (Å²) in [5.74, 6) is 1.32. The fourth-order valence-corrected chi connectivity index (χ4v) is 4.97. The van der Waals surface area contributed by atoms with Crippen LogP contribution in [0.25, 0.3) is 10.8 Å². The molecule has 2 aromatic heterocycles. The molecule has 1 fully saturated rings. The van der Waals surface area contributed by atoms with Gasteiger partial charge < -0.3 is 19.6 Å². The molecule has 9 nitrogen and oxygen atoms in total. The zero-order valence-corrected chi connectivity index (χ0v) is 21.7. The molecule has 2 aliphatic rings. The molecule has 0 aliphatic carbocycles. The van der Waals surface area contributed by atoms with Gasteiger partial charge in [0.1, 0.15) is 11.5 Å². The van der Waals surface area contributed by atoms with E-state index in [-0.39, 0.29) is 17.9 Å². The van der Waals surface area contributed by atoms with Crippen molar-refractivity contribution in [2.24, 2.45) is 0 Å². The van der Waals surface area contributed by atoms with Gasteiger partial charge in [0.05, 0.1) is 18.8 Å². The Hall–Kier alpha value is -3.75. The van der Waals surface area contributed by atoms with Crippen LogP contribution < -0.4 is 9.80 Å². The number of benzene rings is 1. The lowest BCUT2D eigenvalue weighted by Gasteiger charge is -2.34. The van der Waals surface area contributed by atoms with Gasteiger partial charge in [0, 0.05) is 63.3 Å². The molecule has 2 aliphatic heterocycles. The maximum atomic E-state index is 13.3. The highest BCUT2D eigenvalue weighted by atomic mass is 16.2. The first-order valence-electron chi connectivity index (χ1n) is 12.5. The second-order valence-corrected chi connectivity index (χ2v) is 10.1. The number of fused-ring (bicyclic) bond motifs is 2. The number of hydrogen-bond donors (Lipinski definition) is 0. The highest BCUT2D eigenvalue weighted by Crippen LogP contribution is 2.33. The van der Waals surface area contributed by atoms with Crippen molar-refractivity contribution >= 4 is 34.4 Å². The summed E-state index contributed by atoms with van der Waals surface area (Å²) < 4.78 is 0. The number of rotatable bonds is 5. The number of carbonyl (C=O) groups excluding carboxylic acids is 2. The third-order valence-electron chi connectivity index (χ3n) is 7.09. The van der Waals surface area contributed by atoms with Crippen LogP contribution in [-0.2, 0) is 17.9 Å². The van der Waals surface area contributed by atoms with Crippen molar-refractivity contribution < 1.29 is 9.59 Å². The Kier molecular flexibility index (Phi) is 6.24. The first-order valence-corrected chi connectivity index (χ1v) is 12.5.